The molecule has 0 radical (unpaired) electrons. The fourth-order valence-electron chi connectivity index (χ4n) is 1.14. The molecule has 0 unspecified atom stereocenters. The zero-order chi connectivity index (χ0) is 11.5. The highest BCUT2D eigenvalue weighted by Crippen LogP contribution is 1.99. The van der Waals surface area contributed by atoms with Crippen LogP contribution in [0.4, 0.5) is 0 Å². The van der Waals surface area contributed by atoms with Crippen molar-refractivity contribution >= 4 is 5.91 Å². The highest BCUT2D eigenvalue weighted by Gasteiger charge is 2.06. The van der Waals surface area contributed by atoms with E-state index in [4.69, 9.17) is 15.2 Å². The molecule has 1 amide bonds. The first-order chi connectivity index (χ1) is 7.20. The van der Waals surface area contributed by atoms with Gasteiger partial charge in [-0.1, -0.05) is 0 Å². The van der Waals surface area contributed by atoms with Crippen LogP contribution in [0.3, 0.4) is 0 Å². The fraction of sp³-hybridized carbons (Fsp3) is 0.900. The van der Waals surface area contributed by atoms with E-state index < -0.39 is 0 Å². The van der Waals surface area contributed by atoms with Crippen LogP contribution in [0.1, 0.15) is 26.7 Å². The third-order valence-corrected chi connectivity index (χ3v) is 1.81. The summed E-state index contributed by atoms with van der Waals surface area (Å²) >= 11 is 0. The first kappa shape index (κ1) is 14.3. The van der Waals surface area contributed by atoms with Gasteiger partial charge in [-0.3, -0.25) is 4.79 Å². The molecule has 5 heteroatoms. The fourth-order valence-corrected chi connectivity index (χ4v) is 1.14. The number of hydrogen-bond donors (Lipinski definition) is 2. The van der Waals surface area contributed by atoms with Gasteiger partial charge in [-0.25, -0.2) is 0 Å². The van der Waals surface area contributed by atoms with Gasteiger partial charge in [0.1, 0.15) is 0 Å². The molecule has 0 saturated carbocycles. The Morgan fingerprint density at radius 2 is 1.87 bits per heavy atom. The van der Waals surface area contributed by atoms with Crippen molar-refractivity contribution in [2.45, 2.75) is 33.0 Å². The summed E-state index contributed by atoms with van der Waals surface area (Å²) in [4.78, 5) is 10.4. The van der Waals surface area contributed by atoms with Gasteiger partial charge in [0.25, 0.3) is 0 Å². The third-order valence-electron chi connectivity index (χ3n) is 1.81. The van der Waals surface area contributed by atoms with Gasteiger partial charge in [-0.15, -0.1) is 0 Å². The summed E-state index contributed by atoms with van der Waals surface area (Å²) in [7, 11) is 0. The second-order valence-corrected chi connectivity index (χ2v) is 3.10. The van der Waals surface area contributed by atoms with Crippen LogP contribution in [-0.2, 0) is 14.3 Å². The lowest BCUT2D eigenvalue weighted by Gasteiger charge is -2.16. The van der Waals surface area contributed by atoms with E-state index in [1.165, 1.54) is 0 Å². The monoisotopic (exact) mass is 218 g/mol. The van der Waals surface area contributed by atoms with E-state index in [-0.39, 0.29) is 12.2 Å². The van der Waals surface area contributed by atoms with Gasteiger partial charge < -0.3 is 20.5 Å². The van der Waals surface area contributed by atoms with Crippen LogP contribution in [0, 0.1) is 0 Å². The van der Waals surface area contributed by atoms with E-state index in [1.807, 2.05) is 13.8 Å². The van der Waals surface area contributed by atoms with Crippen molar-refractivity contribution in [3.63, 3.8) is 0 Å². The molecule has 0 heterocycles. The van der Waals surface area contributed by atoms with Crippen LogP contribution in [0.5, 0.6) is 0 Å². The van der Waals surface area contributed by atoms with Crippen LogP contribution < -0.4 is 11.1 Å². The lowest BCUT2D eigenvalue weighted by Crippen LogP contribution is -2.27. The molecule has 90 valence electrons. The molecule has 15 heavy (non-hydrogen) atoms. The summed E-state index contributed by atoms with van der Waals surface area (Å²) in [6, 6.07) is 0. The van der Waals surface area contributed by atoms with Gasteiger partial charge in [0.05, 0.1) is 0 Å². The Labute approximate surface area is 91.3 Å². The molecule has 0 spiro atoms. The second-order valence-electron chi connectivity index (χ2n) is 3.10. The van der Waals surface area contributed by atoms with Gasteiger partial charge >= 0.3 is 0 Å². The number of amides is 1. The van der Waals surface area contributed by atoms with Gasteiger partial charge in [-0.05, 0) is 20.4 Å². The summed E-state index contributed by atoms with van der Waals surface area (Å²) in [5.74, 6) is -0.284. The number of carbonyl (C=O) groups excluding carboxylic acids is 1. The summed E-state index contributed by atoms with van der Waals surface area (Å²) in [5.41, 5.74) is 5.00. The molecule has 0 aliphatic carbocycles. The Morgan fingerprint density at radius 1 is 1.27 bits per heavy atom. The smallest absolute Gasteiger partial charge is 0.218 e. The number of ether oxygens (including phenoxy) is 2. The van der Waals surface area contributed by atoms with E-state index in [0.717, 1.165) is 13.0 Å². The molecular weight excluding hydrogens is 196 g/mol. The first-order valence-electron chi connectivity index (χ1n) is 5.42. The quantitative estimate of drug-likeness (QED) is 0.407. The van der Waals surface area contributed by atoms with Crippen LogP contribution in [-0.4, -0.2) is 38.5 Å². The maximum absolute atomic E-state index is 10.4. The Kier molecular flexibility index (Phi) is 9.46. The second kappa shape index (κ2) is 9.89. The number of carbonyl (C=O) groups is 1. The molecule has 0 atom stereocenters. The summed E-state index contributed by atoms with van der Waals surface area (Å²) < 4.78 is 10.7. The largest absolute Gasteiger partial charge is 0.370 e. The molecule has 0 fully saturated rings. The molecule has 0 aromatic heterocycles. The number of primary amides is 1. The molecule has 0 aromatic rings. The predicted molar refractivity (Wildman–Crippen MR) is 58.3 cm³/mol. The highest BCUT2D eigenvalue weighted by molar-refractivity contribution is 5.73. The normalized spacial score (nSPS) is 10.9. The standard InChI is InChI=1S/C10H22N2O3/c1-3-14-10(15-4-2)6-8-12-7-5-9(11)13/h10,12H,3-8H2,1-2H3,(H2,11,13). The minimum Gasteiger partial charge on any atom is -0.370 e. The summed E-state index contributed by atoms with van der Waals surface area (Å²) in [6.45, 7) is 6.54. The molecule has 0 rings (SSSR count). The van der Waals surface area contributed by atoms with Gasteiger partial charge in [0.2, 0.25) is 5.91 Å². The number of hydrogen-bond acceptors (Lipinski definition) is 4. The SMILES string of the molecule is CCOC(CCNCCC(N)=O)OCC. The van der Waals surface area contributed by atoms with Gasteiger partial charge in [0, 0.05) is 32.6 Å². The van der Waals surface area contributed by atoms with Crippen molar-refractivity contribution in [2.75, 3.05) is 26.3 Å². The molecule has 0 aromatic carbocycles. The number of rotatable bonds is 10. The van der Waals surface area contributed by atoms with Crippen molar-refractivity contribution in [2.24, 2.45) is 5.73 Å². The van der Waals surface area contributed by atoms with Crippen molar-refractivity contribution < 1.29 is 14.3 Å². The predicted octanol–water partition coefficient (Wildman–Crippen LogP) is 0.241. The lowest BCUT2D eigenvalue weighted by molar-refractivity contribution is -0.138. The average molecular weight is 218 g/mol. The third kappa shape index (κ3) is 9.65. The van der Waals surface area contributed by atoms with Crippen molar-refractivity contribution in [3.05, 3.63) is 0 Å². The average Bonchev–Trinajstić information content (AvgIpc) is 2.17. The Morgan fingerprint density at radius 3 is 2.33 bits per heavy atom. The van der Waals surface area contributed by atoms with E-state index in [1.54, 1.807) is 0 Å². The minimum absolute atomic E-state index is 0.152. The molecule has 0 aliphatic heterocycles. The Hall–Kier alpha value is -0.650. The lowest BCUT2D eigenvalue weighted by atomic mass is 10.3. The minimum atomic E-state index is -0.284. The molecule has 0 aliphatic rings. The van der Waals surface area contributed by atoms with E-state index >= 15 is 0 Å². The van der Waals surface area contributed by atoms with Crippen molar-refractivity contribution in [1.29, 1.82) is 0 Å². The Bertz CT molecular complexity index is 159. The van der Waals surface area contributed by atoms with Crippen LogP contribution >= 0.6 is 0 Å². The molecule has 5 nitrogen and oxygen atoms in total. The zero-order valence-electron chi connectivity index (χ0n) is 9.62. The molecule has 0 bridgehead atoms. The maximum atomic E-state index is 10.4. The van der Waals surface area contributed by atoms with Crippen molar-refractivity contribution in [3.8, 4) is 0 Å². The first-order valence-corrected chi connectivity index (χ1v) is 5.42. The summed E-state index contributed by atoms with van der Waals surface area (Å²) in [5, 5.41) is 3.10. The Balaban J connectivity index is 3.39. The number of nitrogens with one attached hydrogen (secondary N) is 1. The van der Waals surface area contributed by atoms with Crippen LogP contribution in [0.25, 0.3) is 0 Å². The van der Waals surface area contributed by atoms with Crippen LogP contribution in [0.2, 0.25) is 0 Å². The zero-order valence-corrected chi connectivity index (χ0v) is 9.62. The van der Waals surface area contributed by atoms with E-state index in [9.17, 15) is 4.79 Å². The van der Waals surface area contributed by atoms with Gasteiger partial charge in [-0.2, -0.15) is 0 Å². The number of nitrogens with two attached hydrogens (primary N) is 1. The van der Waals surface area contributed by atoms with E-state index in [2.05, 4.69) is 5.32 Å². The highest BCUT2D eigenvalue weighted by atomic mass is 16.7. The summed E-state index contributed by atoms with van der Waals surface area (Å²) in [6.07, 6.45) is 0.995. The maximum Gasteiger partial charge on any atom is 0.218 e. The van der Waals surface area contributed by atoms with Gasteiger partial charge in [0.15, 0.2) is 6.29 Å². The molecular formula is C10H22N2O3. The molecule has 3 N–H and O–H groups in total. The topological polar surface area (TPSA) is 73.6 Å². The van der Waals surface area contributed by atoms with Crippen molar-refractivity contribution in [1.82, 2.24) is 5.32 Å². The van der Waals surface area contributed by atoms with Crippen LogP contribution in [0.15, 0.2) is 0 Å². The molecule has 0 saturated heterocycles. The van der Waals surface area contributed by atoms with E-state index in [0.29, 0.717) is 26.2 Å².